The number of nitrogens with one attached hydrogen (secondary N) is 2. The molecule has 0 bridgehead atoms. The molecule has 2 rings (SSSR count). The molecule has 0 aromatic rings. The van der Waals surface area contributed by atoms with Gasteiger partial charge in [0.05, 0.1) is 5.75 Å². The van der Waals surface area contributed by atoms with Crippen LogP contribution in [0.3, 0.4) is 0 Å². The van der Waals surface area contributed by atoms with Crippen LogP contribution in [0.4, 0.5) is 0 Å². The highest BCUT2D eigenvalue weighted by Crippen LogP contribution is 2.14. The van der Waals surface area contributed by atoms with Gasteiger partial charge in [-0.2, -0.15) is 0 Å². The summed E-state index contributed by atoms with van der Waals surface area (Å²) in [7, 11) is -3.15. The lowest BCUT2D eigenvalue weighted by atomic mass is 10.1. The highest BCUT2D eigenvalue weighted by atomic mass is 35.5. The lowest BCUT2D eigenvalue weighted by Gasteiger charge is -2.23. The van der Waals surface area contributed by atoms with Crippen molar-refractivity contribution < 1.29 is 13.2 Å². The Kier molecular flexibility index (Phi) is 7.94. The maximum Gasteiger partial charge on any atom is 0.220 e. The van der Waals surface area contributed by atoms with Crippen LogP contribution < -0.4 is 10.6 Å². The van der Waals surface area contributed by atoms with E-state index in [0.717, 1.165) is 38.8 Å². The second-order valence-electron chi connectivity index (χ2n) is 5.64. The number of amides is 1. The van der Waals surface area contributed by atoms with Crippen molar-refractivity contribution in [2.75, 3.05) is 31.9 Å². The standard InChI is InChI=1S/C13H25N3O3S.ClH/c17-13(15-12-5-3-7-14-11-12)6-4-10-20(18,19)16-8-1-2-9-16;/h12,14H,1-11H2,(H,15,17);1H. The van der Waals surface area contributed by atoms with Gasteiger partial charge in [0.15, 0.2) is 0 Å². The Labute approximate surface area is 133 Å². The Bertz CT molecular complexity index is 418. The number of hydrogen-bond acceptors (Lipinski definition) is 4. The van der Waals surface area contributed by atoms with E-state index in [9.17, 15) is 13.2 Å². The van der Waals surface area contributed by atoms with Gasteiger partial charge in [-0.3, -0.25) is 4.79 Å². The van der Waals surface area contributed by atoms with Crippen LogP contribution in [0.5, 0.6) is 0 Å². The Morgan fingerprint density at radius 3 is 2.57 bits per heavy atom. The van der Waals surface area contributed by atoms with E-state index in [1.165, 1.54) is 0 Å². The molecular formula is C13H26ClN3O3S. The number of carbonyl (C=O) groups is 1. The number of nitrogens with zero attached hydrogens (tertiary/aromatic N) is 1. The number of hydrogen-bond donors (Lipinski definition) is 2. The Morgan fingerprint density at radius 1 is 1.24 bits per heavy atom. The zero-order chi connectivity index (χ0) is 14.4. The smallest absolute Gasteiger partial charge is 0.220 e. The first-order valence-electron chi connectivity index (χ1n) is 7.56. The third kappa shape index (κ3) is 6.10. The first-order chi connectivity index (χ1) is 9.58. The average Bonchev–Trinajstić information content (AvgIpc) is 2.94. The topological polar surface area (TPSA) is 78.5 Å². The first kappa shape index (κ1) is 18.7. The van der Waals surface area contributed by atoms with E-state index in [2.05, 4.69) is 10.6 Å². The third-order valence-corrected chi connectivity index (χ3v) is 5.88. The molecule has 124 valence electrons. The first-order valence-corrected chi connectivity index (χ1v) is 9.17. The van der Waals surface area contributed by atoms with Crippen molar-refractivity contribution in [1.82, 2.24) is 14.9 Å². The predicted octanol–water partition coefficient (Wildman–Crippen LogP) is 0.482. The SMILES string of the molecule is Cl.O=C(CCCS(=O)(=O)N1CCCC1)NC1CCCNC1. The van der Waals surface area contributed by atoms with Crippen LogP contribution in [-0.2, 0) is 14.8 Å². The summed E-state index contributed by atoms with van der Waals surface area (Å²) in [5, 5.41) is 6.21. The summed E-state index contributed by atoms with van der Waals surface area (Å²) in [6, 6.07) is 0.200. The normalized spacial score (nSPS) is 23.5. The fourth-order valence-corrected chi connectivity index (χ4v) is 4.37. The minimum absolute atomic E-state index is 0. The number of sulfonamides is 1. The van der Waals surface area contributed by atoms with Gasteiger partial charge < -0.3 is 10.6 Å². The van der Waals surface area contributed by atoms with Crippen LogP contribution in [0.1, 0.15) is 38.5 Å². The molecule has 0 aliphatic carbocycles. The molecule has 2 aliphatic heterocycles. The van der Waals surface area contributed by atoms with Crippen LogP contribution in [-0.4, -0.2) is 56.6 Å². The van der Waals surface area contributed by atoms with Gasteiger partial charge >= 0.3 is 0 Å². The molecule has 2 aliphatic rings. The van der Waals surface area contributed by atoms with Gasteiger partial charge in [0, 0.05) is 32.1 Å². The average molecular weight is 340 g/mol. The third-order valence-electron chi connectivity index (χ3n) is 3.93. The Hall–Kier alpha value is -0.370. The van der Waals surface area contributed by atoms with Crippen molar-refractivity contribution in [3.8, 4) is 0 Å². The van der Waals surface area contributed by atoms with Crippen molar-refractivity contribution in [3.63, 3.8) is 0 Å². The summed E-state index contributed by atoms with van der Waals surface area (Å²) in [4.78, 5) is 11.8. The van der Waals surface area contributed by atoms with Crippen molar-refractivity contribution in [3.05, 3.63) is 0 Å². The second-order valence-corrected chi connectivity index (χ2v) is 7.72. The Morgan fingerprint density at radius 2 is 1.95 bits per heavy atom. The molecule has 1 unspecified atom stereocenters. The van der Waals surface area contributed by atoms with Crippen LogP contribution in [0.15, 0.2) is 0 Å². The fourth-order valence-electron chi connectivity index (χ4n) is 2.79. The van der Waals surface area contributed by atoms with Gasteiger partial charge in [0.1, 0.15) is 0 Å². The van der Waals surface area contributed by atoms with Crippen LogP contribution in [0.25, 0.3) is 0 Å². The molecule has 0 aromatic heterocycles. The molecule has 2 saturated heterocycles. The predicted molar refractivity (Wildman–Crippen MR) is 85.1 cm³/mol. The second kappa shape index (κ2) is 8.92. The highest BCUT2D eigenvalue weighted by molar-refractivity contribution is 7.89. The van der Waals surface area contributed by atoms with E-state index in [4.69, 9.17) is 0 Å². The van der Waals surface area contributed by atoms with E-state index in [0.29, 0.717) is 25.9 Å². The lowest BCUT2D eigenvalue weighted by Crippen LogP contribution is -2.45. The molecule has 0 saturated carbocycles. The summed E-state index contributed by atoms with van der Waals surface area (Å²) in [5.74, 6) is 0.0545. The lowest BCUT2D eigenvalue weighted by molar-refractivity contribution is -0.121. The molecule has 8 heteroatoms. The van der Waals surface area contributed by atoms with Crippen molar-refractivity contribution in [2.45, 2.75) is 44.6 Å². The molecule has 21 heavy (non-hydrogen) atoms. The highest BCUT2D eigenvalue weighted by Gasteiger charge is 2.25. The molecule has 0 radical (unpaired) electrons. The van der Waals surface area contributed by atoms with Gasteiger partial charge in [-0.15, -0.1) is 12.4 Å². The van der Waals surface area contributed by atoms with Crippen LogP contribution in [0, 0.1) is 0 Å². The molecule has 0 spiro atoms. The summed E-state index contributed by atoms with van der Waals surface area (Å²) in [6.07, 6.45) is 4.69. The zero-order valence-corrected chi connectivity index (χ0v) is 14.0. The largest absolute Gasteiger partial charge is 0.352 e. The molecule has 1 atom stereocenters. The molecule has 1 amide bonds. The minimum Gasteiger partial charge on any atom is -0.352 e. The van der Waals surface area contributed by atoms with Gasteiger partial charge in [0.25, 0.3) is 0 Å². The van der Waals surface area contributed by atoms with Crippen molar-refractivity contribution in [1.29, 1.82) is 0 Å². The van der Waals surface area contributed by atoms with Gasteiger partial charge in [0.2, 0.25) is 15.9 Å². The number of rotatable bonds is 6. The number of halogens is 1. The zero-order valence-electron chi connectivity index (χ0n) is 12.3. The van der Waals surface area contributed by atoms with E-state index >= 15 is 0 Å². The van der Waals surface area contributed by atoms with Crippen molar-refractivity contribution in [2.24, 2.45) is 0 Å². The number of carbonyl (C=O) groups excluding carboxylic acids is 1. The summed E-state index contributed by atoms with van der Waals surface area (Å²) in [5.41, 5.74) is 0. The van der Waals surface area contributed by atoms with E-state index in [1.807, 2.05) is 0 Å². The van der Waals surface area contributed by atoms with Gasteiger partial charge in [-0.05, 0) is 38.6 Å². The molecule has 2 heterocycles. The minimum atomic E-state index is -3.15. The monoisotopic (exact) mass is 339 g/mol. The quantitative estimate of drug-likeness (QED) is 0.738. The van der Waals surface area contributed by atoms with Crippen molar-refractivity contribution >= 4 is 28.3 Å². The molecular weight excluding hydrogens is 314 g/mol. The maximum atomic E-state index is 12.0. The fraction of sp³-hybridized carbons (Fsp3) is 0.923. The number of piperidine rings is 1. The van der Waals surface area contributed by atoms with Gasteiger partial charge in [-0.1, -0.05) is 0 Å². The molecule has 6 nitrogen and oxygen atoms in total. The van der Waals surface area contributed by atoms with Crippen LogP contribution in [0.2, 0.25) is 0 Å². The van der Waals surface area contributed by atoms with Gasteiger partial charge in [-0.25, -0.2) is 12.7 Å². The summed E-state index contributed by atoms with van der Waals surface area (Å²) in [6.45, 7) is 3.11. The van der Waals surface area contributed by atoms with E-state index in [-0.39, 0.29) is 30.1 Å². The van der Waals surface area contributed by atoms with E-state index in [1.54, 1.807) is 4.31 Å². The Balaban J connectivity index is 0.00000220. The van der Waals surface area contributed by atoms with Crippen LogP contribution >= 0.6 is 12.4 Å². The maximum absolute atomic E-state index is 12.0. The molecule has 0 aromatic carbocycles. The molecule has 2 N–H and O–H groups in total. The van der Waals surface area contributed by atoms with E-state index < -0.39 is 10.0 Å². The summed E-state index contributed by atoms with van der Waals surface area (Å²) < 4.78 is 25.5. The molecule has 2 fully saturated rings. The summed E-state index contributed by atoms with van der Waals surface area (Å²) >= 11 is 0.